The van der Waals surface area contributed by atoms with Gasteiger partial charge in [0, 0.05) is 11.6 Å². The third-order valence-electron chi connectivity index (χ3n) is 4.68. The van der Waals surface area contributed by atoms with Crippen LogP contribution in [0.15, 0.2) is 0 Å². The number of likely N-dealkylation sites (tertiary alicyclic amines) is 1. The summed E-state index contributed by atoms with van der Waals surface area (Å²) in [6.07, 6.45) is 6.53. The Hall–Kier alpha value is -0.0800. The van der Waals surface area contributed by atoms with E-state index in [0.29, 0.717) is 11.5 Å². The smallest absolute Gasteiger partial charge is 0.0222 e. The summed E-state index contributed by atoms with van der Waals surface area (Å²) in [4.78, 5) is 2.52. The Morgan fingerprint density at radius 2 is 1.93 bits per heavy atom. The van der Waals surface area contributed by atoms with E-state index >= 15 is 0 Å². The number of hydrogen-bond acceptors (Lipinski definition) is 2. The molecule has 0 bridgehead atoms. The lowest BCUT2D eigenvalue weighted by Crippen LogP contribution is -2.55. The highest BCUT2D eigenvalue weighted by Crippen LogP contribution is 2.51. The second-order valence-electron chi connectivity index (χ2n) is 5.87. The van der Waals surface area contributed by atoms with Gasteiger partial charge in [-0.1, -0.05) is 20.3 Å². The van der Waals surface area contributed by atoms with Crippen molar-refractivity contribution in [1.82, 2.24) is 4.90 Å². The third kappa shape index (κ3) is 1.49. The van der Waals surface area contributed by atoms with Crippen LogP contribution >= 0.6 is 0 Å². The standard InChI is InChI=1S/C12H24N2/c1-11(2,12(13)7-8-12)10-6-4-5-9-14(10)3/h10H,4-9,13H2,1-3H3. The van der Waals surface area contributed by atoms with Crippen LogP contribution in [0, 0.1) is 5.41 Å². The molecule has 1 saturated heterocycles. The van der Waals surface area contributed by atoms with Crippen LogP contribution in [0.25, 0.3) is 0 Å². The van der Waals surface area contributed by atoms with E-state index in [2.05, 4.69) is 25.8 Å². The summed E-state index contributed by atoms with van der Waals surface area (Å²) in [6, 6.07) is 0.698. The zero-order chi connectivity index (χ0) is 10.4. The number of nitrogens with zero attached hydrogens (tertiary/aromatic N) is 1. The molecule has 1 heterocycles. The van der Waals surface area contributed by atoms with Gasteiger partial charge in [-0.2, -0.15) is 0 Å². The van der Waals surface area contributed by atoms with Crippen LogP contribution in [0.4, 0.5) is 0 Å². The van der Waals surface area contributed by atoms with Crippen LogP contribution in [0.1, 0.15) is 46.0 Å². The first-order valence-electron chi connectivity index (χ1n) is 5.96. The Balaban J connectivity index is 2.11. The van der Waals surface area contributed by atoms with Crippen molar-refractivity contribution in [3.8, 4) is 0 Å². The Morgan fingerprint density at radius 1 is 1.29 bits per heavy atom. The quantitative estimate of drug-likeness (QED) is 0.732. The summed E-state index contributed by atoms with van der Waals surface area (Å²) in [5.41, 5.74) is 6.83. The number of hydrogen-bond donors (Lipinski definition) is 1. The molecule has 0 amide bonds. The fraction of sp³-hybridized carbons (Fsp3) is 1.00. The molecule has 2 fully saturated rings. The van der Waals surface area contributed by atoms with E-state index in [1.54, 1.807) is 0 Å². The van der Waals surface area contributed by atoms with Gasteiger partial charge < -0.3 is 10.6 Å². The van der Waals surface area contributed by atoms with Crippen LogP contribution in [0.3, 0.4) is 0 Å². The van der Waals surface area contributed by atoms with Crippen molar-refractivity contribution in [2.75, 3.05) is 13.6 Å². The minimum absolute atomic E-state index is 0.142. The monoisotopic (exact) mass is 196 g/mol. The molecule has 1 saturated carbocycles. The highest BCUT2D eigenvalue weighted by atomic mass is 15.2. The third-order valence-corrected chi connectivity index (χ3v) is 4.68. The molecular formula is C12H24N2. The van der Waals surface area contributed by atoms with E-state index in [0.717, 1.165) is 0 Å². The average molecular weight is 196 g/mol. The molecule has 1 aliphatic carbocycles. The van der Waals surface area contributed by atoms with Gasteiger partial charge in [0.15, 0.2) is 0 Å². The number of rotatable bonds is 2. The molecule has 2 nitrogen and oxygen atoms in total. The summed E-state index contributed by atoms with van der Waals surface area (Å²) >= 11 is 0. The molecule has 2 N–H and O–H groups in total. The van der Waals surface area contributed by atoms with E-state index in [-0.39, 0.29) is 5.54 Å². The van der Waals surface area contributed by atoms with E-state index in [1.165, 1.54) is 38.6 Å². The first-order chi connectivity index (χ1) is 6.47. The minimum atomic E-state index is 0.142. The predicted molar refractivity (Wildman–Crippen MR) is 60.2 cm³/mol. The van der Waals surface area contributed by atoms with E-state index in [9.17, 15) is 0 Å². The molecule has 1 unspecified atom stereocenters. The second-order valence-corrected chi connectivity index (χ2v) is 5.87. The maximum Gasteiger partial charge on any atom is 0.0222 e. The first kappa shape index (κ1) is 10.4. The molecule has 0 aromatic rings. The van der Waals surface area contributed by atoms with Gasteiger partial charge >= 0.3 is 0 Å². The summed E-state index contributed by atoms with van der Waals surface area (Å²) < 4.78 is 0. The SMILES string of the molecule is CN1CCCCC1C(C)(C)C1(N)CC1. The topological polar surface area (TPSA) is 29.3 Å². The van der Waals surface area contributed by atoms with Crippen molar-refractivity contribution in [2.45, 2.75) is 57.5 Å². The van der Waals surface area contributed by atoms with Gasteiger partial charge in [-0.05, 0) is 44.7 Å². The van der Waals surface area contributed by atoms with Crippen LogP contribution in [0.2, 0.25) is 0 Å². The molecule has 0 aromatic carbocycles. The Labute approximate surface area is 87.8 Å². The molecule has 0 aromatic heterocycles. The van der Waals surface area contributed by atoms with Gasteiger partial charge in [0.25, 0.3) is 0 Å². The second kappa shape index (κ2) is 3.21. The summed E-state index contributed by atoms with van der Waals surface area (Å²) in [5, 5.41) is 0. The largest absolute Gasteiger partial charge is 0.325 e. The van der Waals surface area contributed by atoms with Gasteiger partial charge in [0.1, 0.15) is 0 Å². The summed E-state index contributed by atoms with van der Waals surface area (Å²) in [7, 11) is 2.26. The van der Waals surface area contributed by atoms with Crippen LogP contribution in [0.5, 0.6) is 0 Å². The van der Waals surface area contributed by atoms with E-state index in [4.69, 9.17) is 5.73 Å². The minimum Gasteiger partial charge on any atom is -0.325 e. The van der Waals surface area contributed by atoms with Crippen molar-refractivity contribution < 1.29 is 0 Å². The summed E-state index contributed by atoms with van der Waals surface area (Å²) in [5.74, 6) is 0. The van der Waals surface area contributed by atoms with Crippen LogP contribution in [-0.4, -0.2) is 30.1 Å². The summed E-state index contributed by atoms with van der Waals surface area (Å²) in [6.45, 7) is 5.99. The zero-order valence-electron chi connectivity index (χ0n) is 9.84. The van der Waals surface area contributed by atoms with Gasteiger partial charge in [-0.15, -0.1) is 0 Å². The van der Waals surface area contributed by atoms with Crippen molar-refractivity contribution in [2.24, 2.45) is 11.1 Å². The predicted octanol–water partition coefficient (Wildman–Crippen LogP) is 1.99. The maximum atomic E-state index is 6.39. The molecule has 2 rings (SSSR count). The molecular weight excluding hydrogens is 172 g/mol. The molecule has 82 valence electrons. The normalized spacial score (nSPS) is 33.0. The average Bonchev–Trinajstić information content (AvgIpc) is 2.86. The van der Waals surface area contributed by atoms with Gasteiger partial charge in [-0.25, -0.2) is 0 Å². The van der Waals surface area contributed by atoms with Crippen molar-refractivity contribution in [1.29, 1.82) is 0 Å². The lowest BCUT2D eigenvalue weighted by molar-refractivity contribution is 0.0496. The van der Waals surface area contributed by atoms with Crippen LogP contribution < -0.4 is 5.73 Å². The molecule has 1 atom stereocenters. The fourth-order valence-corrected chi connectivity index (χ4v) is 3.10. The Kier molecular flexibility index (Phi) is 2.39. The highest BCUT2D eigenvalue weighted by molar-refractivity contribution is 5.13. The molecule has 0 spiro atoms. The van der Waals surface area contributed by atoms with Crippen molar-refractivity contribution in [3.05, 3.63) is 0 Å². The number of piperidine rings is 1. The fourth-order valence-electron chi connectivity index (χ4n) is 3.10. The van der Waals surface area contributed by atoms with Crippen molar-refractivity contribution >= 4 is 0 Å². The molecule has 2 heteroatoms. The van der Waals surface area contributed by atoms with Crippen LogP contribution in [-0.2, 0) is 0 Å². The number of nitrogens with two attached hydrogens (primary N) is 1. The maximum absolute atomic E-state index is 6.39. The molecule has 1 aliphatic heterocycles. The van der Waals surface area contributed by atoms with Gasteiger partial charge in [-0.3, -0.25) is 0 Å². The van der Waals surface area contributed by atoms with Gasteiger partial charge in [0.05, 0.1) is 0 Å². The lowest BCUT2D eigenvalue weighted by atomic mass is 9.72. The molecule has 0 radical (unpaired) electrons. The molecule has 14 heavy (non-hydrogen) atoms. The van der Waals surface area contributed by atoms with E-state index < -0.39 is 0 Å². The molecule has 2 aliphatic rings. The van der Waals surface area contributed by atoms with Gasteiger partial charge in [0.2, 0.25) is 0 Å². The van der Waals surface area contributed by atoms with Crippen molar-refractivity contribution in [3.63, 3.8) is 0 Å². The zero-order valence-corrected chi connectivity index (χ0v) is 9.84. The highest BCUT2D eigenvalue weighted by Gasteiger charge is 2.55. The Bertz CT molecular complexity index is 218. The Morgan fingerprint density at radius 3 is 2.43 bits per heavy atom. The first-order valence-corrected chi connectivity index (χ1v) is 5.96. The lowest BCUT2D eigenvalue weighted by Gasteiger charge is -2.47. The van der Waals surface area contributed by atoms with E-state index in [1.807, 2.05) is 0 Å².